The first-order chi connectivity index (χ1) is 5.24. The average Bonchev–Trinajstić information content (AvgIpc) is 2.11. The monoisotopic (exact) mass is 172 g/mol. The van der Waals surface area contributed by atoms with Crippen LogP contribution in [0.4, 0.5) is 8.78 Å². The molecule has 0 saturated heterocycles. The highest BCUT2D eigenvalue weighted by atomic mass is 32.2. The molecule has 1 aliphatic rings. The predicted octanol–water partition coefficient (Wildman–Crippen LogP) is 3.11. The molecule has 0 radical (unpaired) electrons. The minimum atomic E-state index is -0.609. The summed E-state index contributed by atoms with van der Waals surface area (Å²) in [5.74, 6) is -1.15. The van der Waals surface area contributed by atoms with E-state index < -0.39 is 11.7 Å². The highest BCUT2D eigenvalue weighted by Gasteiger charge is 2.02. The minimum absolute atomic E-state index is 0.397. The van der Waals surface area contributed by atoms with Crippen LogP contribution >= 0.6 is 11.8 Å². The van der Waals surface area contributed by atoms with E-state index in [1.165, 1.54) is 17.8 Å². The van der Waals surface area contributed by atoms with Crippen molar-refractivity contribution in [3.63, 3.8) is 0 Å². The number of hydrogen-bond donors (Lipinski definition) is 0. The Bertz CT molecular complexity index is 280. The molecule has 0 aromatic heterocycles. The summed E-state index contributed by atoms with van der Waals surface area (Å²) >= 11 is 1.22. The number of allylic oxidation sites excluding steroid dienone is 4. The van der Waals surface area contributed by atoms with Gasteiger partial charge < -0.3 is 0 Å². The Morgan fingerprint density at radius 1 is 1.36 bits per heavy atom. The Morgan fingerprint density at radius 2 is 2.09 bits per heavy atom. The molecule has 0 nitrogen and oxygen atoms in total. The normalized spacial score (nSPS) is 16.8. The molecule has 1 aliphatic carbocycles. The van der Waals surface area contributed by atoms with E-state index in [1.807, 2.05) is 0 Å². The highest BCUT2D eigenvalue weighted by molar-refractivity contribution is 8.02. The summed E-state index contributed by atoms with van der Waals surface area (Å²) in [6, 6.07) is 0. The van der Waals surface area contributed by atoms with Crippen LogP contribution in [-0.4, -0.2) is 6.26 Å². The number of hydrogen-bond acceptors (Lipinski definition) is 1. The fourth-order valence-electron chi connectivity index (χ4n) is 0.656. The van der Waals surface area contributed by atoms with Gasteiger partial charge in [-0.3, -0.25) is 0 Å². The topological polar surface area (TPSA) is 0 Å². The third-order valence-electron chi connectivity index (χ3n) is 1.16. The van der Waals surface area contributed by atoms with Crippen LogP contribution in [0, 0.1) is 0 Å². The molecule has 1 rings (SSSR count). The van der Waals surface area contributed by atoms with Crippen LogP contribution in [0.15, 0.2) is 40.5 Å². The van der Waals surface area contributed by atoms with E-state index in [-0.39, 0.29) is 0 Å². The van der Waals surface area contributed by atoms with Crippen LogP contribution in [0.2, 0.25) is 0 Å². The second-order valence-electron chi connectivity index (χ2n) is 1.90. The zero-order valence-corrected chi connectivity index (χ0v) is 6.71. The smallest absolute Gasteiger partial charge is 0.140 e. The van der Waals surface area contributed by atoms with E-state index in [2.05, 4.69) is 5.73 Å². The van der Waals surface area contributed by atoms with Gasteiger partial charge in [-0.15, -0.1) is 17.5 Å². The van der Waals surface area contributed by atoms with Crippen molar-refractivity contribution in [2.24, 2.45) is 0 Å². The summed E-state index contributed by atoms with van der Waals surface area (Å²) in [5.41, 5.74) is 2.52. The lowest BCUT2D eigenvalue weighted by Gasteiger charge is -1.93. The van der Waals surface area contributed by atoms with Crippen molar-refractivity contribution in [3.05, 3.63) is 40.5 Å². The number of thioether (sulfide) groups is 1. The van der Waals surface area contributed by atoms with Crippen LogP contribution in [-0.2, 0) is 0 Å². The fraction of sp³-hybridized carbons (Fsp3) is 0.125. The summed E-state index contributed by atoms with van der Waals surface area (Å²) in [7, 11) is 0. The Hall–Kier alpha value is -0.790. The molecule has 0 aliphatic heterocycles. The molecule has 3 heteroatoms. The molecule has 0 atom stereocenters. The second-order valence-corrected chi connectivity index (χ2v) is 2.75. The maximum atomic E-state index is 12.8. The van der Waals surface area contributed by atoms with Crippen molar-refractivity contribution in [1.82, 2.24) is 0 Å². The predicted molar refractivity (Wildman–Crippen MR) is 43.5 cm³/mol. The average molecular weight is 172 g/mol. The largest absolute Gasteiger partial charge is 0.206 e. The van der Waals surface area contributed by atoms with Crippen molar-refractivity contribution in [3.8, 4) is 0 Å². The molecule has 0 spiro atoms. The van der Waals surface area contributed by atoms with E-state index in [0.29, 0.717) is 4.91 Å². The van der Waals surface area contributed by atoms with Crippen molar-refractivity contribution in [1.29, 1.82) is 0 Å². The van der Waals surface area contributed by atoms with Gasteiger partial charge in [0.25, 0.3) is 0 Å². The third kappa shape index (κ3) is 2.07. The summed E-state index contributed by atoms with van der Waals surface area (Å²) in [6.07, 6.45) is 5.10. The van der Waals surface area contributed by atoms with Crippen LogP contribution in [0.1, 0.15) is 0 Å². The van der Waals surface area contributed by atoms with Crippen LogP contribution in [0.5, 0.6) is 0 Å². The summed E-state index contributed by atoms with van der Waals surface area (Å²) in [4.78, 5) is 0.397. The molecule has 0 fully saturated rings. The van der Waals surface area contributed by atoms with Gasteiger partial charge in [-0.05, 0) is 12.3 Å². The van der Waals surface area contributed by atoms with E-state index in [1.54, 1.807) is 6.26 Å². The van der Waals surface area contributed by atoms with E-state index in [0.717, 1.165) is 12.2 Å². The summed E-state index contributed by atoms with van der Waals surface area (Å²) in [6.45, 7) is 0. The van der Waals surface area contributed by atoms with Crippen LogP contribution < -0.4 is 0 Å². The van der Waals surface area contributed by atoms with Crippen molar-refractivity contribution in [2.45, 2.75) is 0 Å². The first-order valence-electron chi connectivity index (χ1n) is 2.97. The van der Waals surface area contributed by atoms with Crippen molar-refractivity contribution < 1.29 is 8.78 Å². The molecule has 0 aromatic carbocycles. The van der Waals surface area contributed by atoms with E-state index >= 15 is 0 Å². The van der Waals surface area contributed by atoms with E-state index in [9.17, 15) is 8.78 Å². The molecular weight excluding hydrogens is 166 g/mol. The Labute approximate surface area is 68.0 Å². The lowest BCUT2D eigenvalue weighted by atomic mass is 10.4. The molecule has 0 aromatic rings. The molecular formula is C8H6F2S. The molecule has 0 amide bonds. The molecule has 0 heterocycles. The van der Waals surface area contributed by atoms with Gasteiger partial charge in [0.2, 0.25) is 0 Å². The standard InChI is InChI=1S/C8H6F2S/c1-11-8-4-2-3-6(9)5-7(8)10/h3-5H,1H3. The molecule has 11 heavy (non-hydrogen) atoms. The van der Waals surface area contributed by atoms with Gasteiger partial charge in [0.15, 0.2) is 0 Å². The zero-order valence-electron chi connectivity index (χ0n) is 5.90. The first-order valence-corrected chi connectivity index (χ1v) is 4.20. The third-order valence-corrected chi connectivity index (χ3v) is 1.91. The Morgan fingerprint density at radius 3 is 2.73 bits per heavy atom. The SMILES string of the molecule is CSC1=C(F)C=C(F)C=C=C1. The number of rotatable bonds is 1. The van der Waals surface area contributed by atoms with Crippen molar-refractivity contribution in [2.75, 3.05) is 6.26 Å². The van der Waals surface area contributed by atoms with Crippen LogP contribution in [0.3, 0.4) is 0 Å². The van der Waals surface area contributed by atoms with Gasteiger partial charge in [0, 0.05) is 12.2 Å². The quantitative estimate of drug-likeness (QED) is 0.547. The summed E-state index contributed by atoms with van der Waals surface area (Å²) < 4.78 is 25.3. The minimum Gasteiger partial charge on any atom is -0.206 e. The molecule has 0 saturated carbocycles. The molecule has 0 N–H and O–H groups in total. The lowest BCUT2D eigenvalue weighted by Crippen LogP contribution is -1.73. The van der Waals surface area contributed by atoms with Crippen LogP contribution in [0.25, 0.3) is 0 Å². The van der Waals surface area contributed by atoms with Gasteiger partial charge >= 0.3 is 0 Å². The Balaban J connectivity index is 3.09. The zero-order chi connectivity index (χ0) is 8.27. The Kier molecular flexibility index (Phi) is 2.69. The molecule has 0 unspecified atom stereocenters. The van der Waals surface area contributed by atoms with Gasteiger partial charge in [-0.1, -0.05) is 0 Å². The first kappa shape index (κ1) is 8.31. The van der Waals surface area contributed by atoms with Gasteiger partial charge in [-0.25, -0.2) is 8.78 Å². The molecule has 0 bridgehead atoms. The summed E-state index contributed by atoms with van der Waals surface area (Å²) in [5, 5.41) is 0. The van der Waals surface area contributed by atoms with Gasteiger partial charge in [-0.2, -0.15) is 0 Å². The van der Waals surface area contributed by atoms with E-state index in [4.69, 9.17) is 0 Å². The molecule has 58 valence electrons. The fourth-order valence-corrected chi connectivity index (χ4v) is 1.10. The highest BCUT2D eigenvalue weighted by Crippen LogP contribution is 2.23. The maximum absolute atomic E-state index is 12.8. The van der Waals surface area contributed by atoms with Gasteiger partial charge in [0.1, 0.15) is 11.7 Å². The number of halogens is 2. The maximum Gasteiger partial charge on any atom is 0.140 e. The second kappa shape index (κ2) is 3.56. The van der Waals surface area contributed by atoms with Gasteiger partial charge in [0.05, 0.1) is 4.91 Å². The van der Waals surface area contributed by atoms with Crippen molar-refractivity contribution >= 4 is 11.8 Å². The lowest BCUT2D eigenvalue weighted by molar-refractivity contribution is 0.631.